The maximum Gasteiger partial charge on any atom is 0.216 e. The van der Waals surface area contributed by atoms with Crippen LogP contribution in [0, 0.1) is 5.92 Å². The summed E-state index contributed by atoms with van der Waals surface area (Å²) in [5.41, 5.74) is 0. The Hall–Kier alpha value is -0.860. The van der Waals surface area contributed by atoms with Gasteiger partial charge in [0.25, 0.3) is 0 Å². The highest BCUT2D eigenvalue weighted by Gasteiger charge is 2.10. The summed E-state index contributed by atoms with van der Waals surface area (Å²) in [6.07, 6.45) is 7.34. The molecule has 0 unspecified atom stereocenters. The molecule has 0 fully saturated rings. The molecule has 3 heteroatoms. The van der Waals surface area contributed by atoms with Crippen molar-refractivity contribution in [1.29, 1.82) is 0 Å². The Bertz CT molecular complexity index is 203. The van der Waals surface area contributed by atoms with Gasteiger partial charge in [-0.15, -0.1) is 10.2 Å². The van der Waals surface area contributed by atoms with Crippen LogP contribution in [-0.4, -0.2) is 10.2 Å². The molecule has 0 saturated carbocycles. The van der Waals surface area contributed by atoms with Crippen LogP contribution in [-0.2, 0) is 6.42 Å². The zero-order chi connectivity index (χ0) is 9.52. The topological polar surface area (TPSA) is 38.9 Å². The van der Waals surface area contributed by atoms with Crippen LogP contribution >= 0.6 is 0 Å². The van der Waals surface area contributed by atoms with E-state index in [-0.39, 0.29) is 0 Å². The summed E-state index contributed by atoms with van der Waals surface area (Å²) < 4.78 is 5.13. The molecule has 0 radical (unpaired) electrons. The average Bonchev–Trinajstić information content (AvgIpc) is 2.58. The Kier molecular flexibility index (Phi) is 4.50. The molecular weight excluding hydrogens is 164 g/mol. The van der Waals surface area contributed by atoms with Gasteiger partial charge in [0, 0.05) is 6.42 Å². The molecule has 3 nitrogen and oxygen atoms in total. The van der Waals surface area contributed by atoms with E-state index in [4.69, 9.17) is 4.42 Å². The van der Waals surface area contributed by atoms with Gasteiger partial charge in [-0.1, -0.05) is 39.5 Å². The molecule has 1 rings (SSSR count). The Morgan fingerprint density at radius 3 is 2.46 bits per heavy atom. The molecule has 0 aliphatic heterocycles. The number of nitrogens with zero attached hydrogens (tertiary/aromatic N) is 2. The van der Waals surface area contributed by atoms with Crippen molar-refractivity contribution in [1.82, 2.24) is 10.2 Å². The monoisotopic (exact) mass is 182 g/mol. The van der Waals surface area contributed by atoms with Gasteiger partial charge in [0.2, 0.25) is 12.3 Å². The zero-order valence-corrected chi connectivity index (χ0v) is 8.49. The van der Waals surface area contributed by atoms with Crippen LogP contribution in [0.2, 0.25) is 0 Å². The van der Waals surface area contributed by atoms with E-state index < -0.39 is 0 Å². The second-order valence-electron chi connectivity index (χ2n) is 3.48. The van der Waals surface area contributed by atoms with Crippen molar-refractivity contribution < 1.29 is 4.42 Å². The summed E-state index contributed by atoms with van der Waals surface area (Å²) in [4.78, 5) is 0. The molecule has 0 bridgehead atoms. The van der Waals surface area contributed by atoms with E-state index in [1.165, 1.54) is 32.1 Å². The van der Waals surface area contributed by atoms with E-state index in [1.807, 2.05) is 0 Å². The van der Waals surface area contributed by atoms with Gasteiger partial charge in [-0.2, -0.15) is 0 Å². The minimum Gasteiger partial charge on any atom is -0.428 e. The quantitative estimate of drug-likeness (QED) is 0.679. The van der Waals surface area contributed by atoms with Crippen LogP contribution in [0.3, 0.4) is 0 Å². The Morgan fingerprint density at radius 1 is 1.31 bits per heavy atom. The summed E-state index contributed by atoms with van der Waals surface area (Å²) in [6, 6.07) is 0. The van der Waals surface area contributed by atoms with Gasteiger partial charge in [0.15, 0.2) is 0 Å². The lowest BCUT2D eigenvalue weighted by Gasteiger charge is -2.11. The molecule has 13 heavy (non-hydrogen) atoms. The maximum absolute atomic E-state index is 5.13. The van der Waals surface area contributed by atoms with Crippen molar-refractivity contribution in [2.24, 2.45) is 5.92 Å². The predicted molar refractivity (Wildman–Crippen MR) is 51.3 cm³/mol. The highest BCUT2D eigenvalue weighted by atomic mass is 16.4. The molecule has 0 amide bonds. The van der Waals surface area contributed by atoms with Gasteiger partial charge in [-0.25, -0.2) is 0 Å². The lowest BCUT2D eigenvalue weighted by Crippen LogP contribution is -2.04. The van der Waals surface area contributed by atoms with E-state index in [0.717, 1.165) is 18.2 Å². The molecule has 0 aliphatic rings. The summed E-state index contributed by atoms with van der Waals surface area (Å²) >= 11 is 0. The number of hydrogen-bond donors (Lipinski definition) is 0. The minimum atomic E-state index is 0.718. The maximum atomic E-state index is 5.13. The Morgan fingerprint density at radius 2 is 2.00 bits per heavy atom. The van der Waals surface area contributed by atoms with E-state index in [1.54, 1.807) is 0 Å². The first-order chi connectivity index (χ1) is 6.36. The highest BCUT2D eigenvalue weighted by Crippen LogP contribution is 2.17. The Balaban J connectivity index is 2.37. The van der Waals surface area contributed by atoms with E-state index in [9.17, 15) is 0 Å². The fraction of sp³-hybridized carbons (Fsp3) is 0.800. The highest BCUT2D eigenvalue weighted by molar-refractivity contribution is 4.77. The first-order valence-corrected chi connectivity index (χ1v) is 5.11. The van der Waals surface area contributed by atoms with Crippen molar-refractivity contribution >= 4 is 0 Å². The van der Waals surface area contributed by atoms with Crippen LogP contribution in [0.4, 0.5) is 0 Å². The van der Waals surface area contributed by atoms with Crippen LogP contribution in [0.25, 0.3) is 0 Å². The van der Waals surface area contributed by atoms with E-state index in [0.29, 0.717) is 0 Å². The summed E-state index contributed by atoms with van der Waals surface area (Å²) in [6.45, 7) is 4.44. The molecule has 1 heterocycles. The van der Waals surface area contributed by atoms with Crippen LogP contribution in [0.5, 0.6) is 0 Å². The molecule has 0 atom stereocenters. The normalized spacial score (nSPS) is 11.0. The van der Waals surface area contributed by atoms with E-state index in [2.05, 4.69) is 24.0 Å². The standard InChI is InChI=1S/C10H18N2O/c1-3-5-9(6-4-2)7-10-12-11-8-13-10/h8-9H,3-7H2,1-2H3. The van der Waals surface area contributed by atoms with Gasteiger partial charge < -0.3 is 4.42 Å². The number of rotatable bonds is 6. The van der Waals surface area contributed by atoms with Crippen molar-refractivity contribution in [3.63, 3.8) is 0 Å². The van der Waals surface area contributed by atoms with Gasteiger partial charge in [0.05, 0.1) is 0 Å². The SMILES string of the molecule is CCCC(CCC)Cc1nnco1. The average molecular weight is 182 g/mol. The molecule has 0 N–H and O–H groups in total. The first-order valence-electron chi connectivity index (χ1n) is 5.11. The summed E-state index contributed by atoms with van der Waals surface area (Å²) in [7, 11) is 0. The molecular formula is C10H18N2O. The molecule has 0 spiro atoms. The second kappa shape index (κ2) is 5.73. The molecule has 1 aromatic heterocycles. The lowest BCUT2D eigenvalue weighted by molar-refractivity contribution is 0.383. The Labute approximate surface area is 79.6 Å². The smallest absolute Gasteiger partial charge is 0.216 e. The zero-order valence-electron chi connectivity index (χ0n) is 8.49. The molecule has 0 aliphatic carbocycles. The number of hydrogen-bond acceptors (Lipinski definition) is 3. The van der Waals surface area contributed by atoms with Gasteiger partial charge >= 0.3 is 0 Å². The lowest BCUT2D eigenvalue weighted by atomic mass is 9.95. The number of aromatic nitrogens is 2. The third-order valence-corrected chi connectivity index (χ3v) is 2.26. The molecule has 74 valence electrons. The fourth-order valence-corrected chi connectivity index (χ4v) is 1.70. The third-order valence-electron chi connectivity index (χ3n) is 2.26. The second-order valence-corrected chi connectivity index (χ2v) is 3.48. The predicted octanol–water partition coefficient (Wildman–Crippen LogP) is 2.83. The molecule has 0 saturated heterocycles. The van der Waals surface area contributed by atoms with Crippen molar-refractivity contribution in [3.8, 4) is 0 Å². The van der Waals surface area contributed by atoms with Crippen molar-refractivity contribution in [3.05, 3.63) is 12.3 Å². The van der Waals surface area contributed by atoms with E-state index >= 15 is 0 Å². The largest absolute Gasteiger partial charge is 0.428 e. The minimum absolute atomic E-state index is 0.718. The fourth-order valence-electron chi connectivity index (χ4n) is 1.70. The van der Waals surface area contributed by atoms with Gasteiger partial charge in [-0.3, -0.25) is 0 Å². The molecule has 1 aromatic rings. The van der Waals surface area contributed by atoms with Crippen LogP contribution in [0.15, 0.2) is 10.8 Å². The third kappa shape index (κ3) is 3.57. The van der Waals surface area contributed by atoms with Gasteiger partial charge in [0.1, 0.15) is 0 Å². The van der Waals surface area contributed by atoms with Crippen LogP contribution in [0.1, 0.15) is 45.4 Å². The summed E-state index contributed by atoms with van der Waals surface area (Å²) in [5.74, 6) is 1.50. The first kappa shape index (κ1) is 10.2. The van der Waals surface area contributed by atoms with Crippen LogP contribution < -0.4 is 0 Å². The van der Waals surface area contributed by atoms with Crippen molar-refractivity contribution in [2.45, 2.75) is 46.0 Å². The summed E-state index contributed by atoms with van der Waals surface area (Å²) in [5, 5.41) is 7.58. The van der Waals surface area contributed by atoms with Crippen molar-refractivity contribution in [2.75, 3.05) is 0 Å². The molecule has 0 aromatic carbocycles. The van der Waals surface area contributed by atoms with Gasteiger partial charge in [-0.05, 0) is 5.92 Å².